The van der Waals surface area contributed by atoms with Crippen molar-refractivity contribution in [2.45, 2.75) is 4.05 Å². The Morgan fingerprint density at radius 2 is 2.05 bits per heavy atom. The van der Waals surface area contributed by atoms with E-state index in [1.165, 1.54) is 10.6 Å². The molecule has 98 valence electrons. The Kier molecular flexibility index (Phi) is 4.36. The minimum absolute atomic E-state index is 0.0917. The Morgan fingerprint density at radius 1 is 1.26 bits per heavy atom. The maximum Gasteiger partial charge on any atom is 0.251 e. The number of halogens is 1. The third kappa shape index (κ3) is 3.04. The largest absolute Gasteiger partial charge is 0.388 e. The van der Waals surface area contributed by atoms with Crippen molar-refractivity contribution in [2.75, 3.05) is 12.4 Å². The summed E-state index contributed by atoms with van der Waals surface area (Å²) in [6.07, 6.45) is 1.62. The number of benzene rings is 1. The van der Waals surface area contributed by atoms with Crippen molar-refractivity contribution in [3.05, 3.63) is 64.6 Å². The molecule has 4 nitrogen and oxygen atoms in total. The van der Waals surface area contributed by atoms with Gasteiger partial charge in [0.2, 0.25) is 0 Å². The maximum atomic E-state index is 12.4. The molecule has 2 aromatic rings. The molecule has 1 aromatic heterocycles. The van der Waals surface area contributed by atoms with E-state index in [1.807, 2.05) is 34.7 Å². The van der Waals surface area contributed by atoms with E-state index in [1.54, 1.807) is 37.5 Å². The number of nitrogens with one attached hydrogen (secondary N) is 1. The molecule has 1 aromatic carbocycles. The van der Waals surface area contributed by atoms with Crippen LogP contribution in [0.25, 0.3) is 0 Å². The van der Waals surface area contributed by atoms with E-state index in [4.69, 9.17) is 0 Å². The van der Waals surface area contributed by atoms with Gasteiger partial charge in [-0.05, 0) is 40.8 Å². The molecule has 5 heteroatoms. The summed E-state index contributed by atoms with van der Waals surface area (Å²) in [5, 5.41) is 2.99. The molecule has 0 aliphatic carbocycles. The summed E-state index contributed by atoms with van der Waals surface area (Å²) in [5.41, 5.74) is 1.27. The van der Waals surface area contributed by atoms with Crippen molar-refractivity contribution >= 4 is 34.1 Å². The van der Waals surface area contributed by atoms with Crippen LogP contribution >= 0.6 is 22.6 Å². The zero-order chi connectivity index (χ0) is 13.8. The van der Waals surface area contributed by atoms with Crippen molar-refractivity contribution < 1.29 is 4.79 Å². The van der Waals surface area contributed by atoms with Crippen LogP contribution < -0.4 is 10.9 Å². The molecule has 2 rings (SSSR count). The molecular weight excluding hydrogens is 355 g/mol. The number of anilines is 1. The molecule has 0 saturated heterocycles. The van der Waals surface area contributed by atoms with Gasteiger partial charge < -0.3 is 5.32 Å². The predicted molar refractivity (Wildman–Crippen MR) is 84.1 cm³/mol. The Bertz CT molecular complexity index is 652. The first-order valence-corrected chi connectivity index (χ1v) is 7.01. The maximum absolute atomic E-state index is 12.4. The van der Waals surface area contributed by atoms with E-state index in [-0.39, 0.29) is 11.3 Å². The third-order valence-electron chi connectivity index (χ3n) is 2.75. The van der Waals surface area contributed by atoms with Crippen molar-refractivity contribution in [3.8, 4) is 0 Å². The summed E-state index contributed by atoms with van der Waals surface area (Å²) in [6.45, 7) is 0. The van der Waals surface area contributed by atoms with Gasteiger partial charge in [0.15, 0.2) is 9.83 Å². The second-order valence-electron chi connectivity index (χ2n) is 3.98. The van der Waals surface area contributed by atoms with Crippen molar-refractivity contribution in [1.29, 1.82) is 0 Å². The second-order valence-corrected chi connectivity index (χ2v) is 5.16. The minimum atomic E-state index is -0.543. The van der Waals surface area contributed by atoms with Gasteiger partial charge in [0.1, 0.15) is 0 Å². The summed E-state index contributed by atoms with van der Waals surface area (Å²) in [4.78, 5) is 24.1. The van der Waals surface area contributed by atoms with Gasteiger partial charge in [0.05, 0.1) is 0 Å². The van der Waals surface area contributed by atoms with Gasteiger partial charge >= 0.3 is 0 Å². The van der Waals surface area contributed by atoms with Gasteiger partial charge in [-0.15, -0.1) is 0 Å². The number of aromatic nitrogens is 1. The van der Waals surface area contributed by atoms with Gasteiger partial charge in [0.25, 0.3) is 5.56 Å². The SMILES string of the molecule is CNc1cccc(C(=O)C(I)n2ccccc2=O)c1. The van der Waals surface area contributed by atoms with Crippen molar-refractivity contribution in [1.82, 2.24) is 4.57 Å². The molecule has 0 aliphatic heterocycles. The molecule has 0 saturated carbocycles. The molecule has 1 heterocycles. The molecule has 0 fully saturated rings. The zero-order valence-corrected chi connectivity index (χ0v) is 12.5. The summed E-state index contributed by atoms with van der Waals surface area (Å²) in [7, 11) is 1.80. The van der Waals surface area contributed by atoms with Crippen molar-refractivity contribution in [2.24, 2.45) is 0 Å². The molecular formula is C14H13IN2O2. The number of carbonyl (C=O) groups is 1. The minimum Gasteiger partial charge on any atom is -0.388 e. The number of hydrogen-bond donors (Lipinski definition) is 1. The first-order valence-electron chi connectivity index (χ1n) is 5.77. The van der Waals surface area contributed by atoms with E-state index in [9.17, 15) is 9.59 Å². The fourth-order valence-corrected chi connectivity index (χ4v) is 2.54. The number of hydrogen-bond acceptors (Lipinski definition) is 3. The van der Waals surface area contributed by atoms with Gasteiger partial charge in [-0.3, -0.25) is 14.2 Å². The number of carbonyl (C=O) groups excluding carboxylic acids is 1. The van der Waals surface area contributed by atoms with Crippen LogP contribution in [0.2, 0.25) is 0 Å². The summed E-state index contributed by atoms with van der Waals surface area (Å²) >= 11 is 1.98. The number of Topliss-reactive ketones (excluding diaryl/α,β-unsaturated/α-hetero) is 1. The Balaban J connectivity index is 2.34. The lowest BCUT2D eigenvalue weighted by Gasteiger charge is -2.12. The average Bonchev–Trinajstić information content (AvgIpc) is 2.46. The molecule has 1 unspecified atom stereocenters. The highest BCUT2D eigenvalue weighted by Crippen LogP contribution is 2.21. The van der Waals surface area contributed by atoms with Crippen LogP contribution in [-0.4, -0.2) is 17.4 Å². The van der Waals surface area contributed by atoms with Crippen LogP contribution in [0.1, 0.15) is 14.4 Å². The highest BCUT2D eigenvalue weighted by atomic mass is 127. The van der Waals surface area contributed by atoms with E-state index >= 15 is 0 Å². The lowest BCUT2D eigenvalue weighted by Crippen LogP contribution is -2.25. The molecule has 19 heavy (non-hydrogen) atoms. The van der Waals surface area contributed by atoms with E-state index in [2.05, 4.69) is 5.32 Å². The molecule has 0 spiro atoms. The van der Waals surface area contributed by atoms with Gasteiger partial charge in [-0.2, -0.15) is 0 Å². The van der Waals surface area contributed by atoms with Gasteiger partial charge in [-0.25, -0.2) is 0 Å². The van der Waals surface area contributed by atoms with E-state index < -0.39 is 4.05 Å². The lowest BCUT2D eigenvalue weighted by atomic mass is 10.1. The van der Waals surface area contributed by atoms with Gasteiger partial charge in [0, 0.05) is 30.6 Å². The van der Waals surface area contributed by atoms with Crippen LogP contribution in [0.15, 0.2) is 53.5 Å². The second kappa shape index (κ2) is 6.01. The fraction of sp³-hybridized carbons (Fsp3) is 0.143. The van der Waals surface area contributed by atoms with E-state index in [0.717, 1.165) is 5.69 Å². The Morgan fingerprint density at radius 3 is 2.74 bits per heavy atom. The standard InChI is InChI=1S/C14H13IN2O2/c1-16-11-6-4-5-10(9-11)13(19)14(15)17-8-3-2-7-12(17)18/h2-9,14,16H,1H3. The number of nitrogens with zero attached hydrogens (tertiary/aromatic N) is 1. The molecule has 0 amide bonds. The predicted octanol–water partition coefficient (Wildman–Crippen LogP) is 2.71. The highest BCUT2D eigenvalue weighted by molar-refractivity contribution is 14.1. The molecule has 1 N–H and O–H groups in total. The summed E-state index contributed by atoms with van der Waals surface area (Å²) in [5.74, 6) is -0.0917. The van der Waals surface area contributed by atoms with Crippen LogP contribution in [0.3, 0.4) is 0 Å². The lowest BCUT2D eigenvalue weighted by molar-refractivity contribution is 0.0973. The average molecular weight is 368 g/mol. The van der Waals surface area contributed by atoms with Crippen LogP contribution in [0.5, 0.6) is 0 Å². The summed E-state index contributed by atoms with van der Waals surface area (Å²) < 4.78 is 0.882. The highest BCUT2D eigenvalue weighted by Gasteiger charge is 2.19. The molecule has 0 aliphatic rings. The molecule has 0 radical (unpaired) electrons. The number of pyridine rings is 1. The summed E-state index contributed by atoms with van der Waals surface area (Å²) in [6, 6.07) is 12.1. The van der Waals surface area contributed by atoms with Crippen LogP contribution in [-0.2, 0) is 0 Å². The van der Waals surface area contributed by atoms with Crippen LogP contribution in [0.4, 0.5) is 5.69 Å². The number of rotatable bonds is 4. The monoisotopic (exact) mass is 368 g/mol. The normalized spacial score (nSPS) is 11.9. The quantitative estimate of drug-likeness (QED) is 0.513. The number of ketones is 1. The first kappa shape index (κ1) is 13.8. The first-order chi connectivity index (χ1) is 9.13. The number of alkyl halides is 1. The van der Waals surface area contributed by atoms with Gasteiger partial charge in [-0.1, -0.05) is 18.2 Å². The topological polar surface area (TPSA) is 51.1 Å². The molecule has 0 bridgehead atoms. The van der Waals surface area contributed by atoms with E-state index in [0.29, 0.717) is 5.56 Å². The Labute approximate surface area is 124 Å². The van der Waals surface area contributed by atoms with Crippen molar-refractivity contribution in [3.63, 3.8) is 0 Å². The molecule has 1 atom stereocenters. The third-order valence-corrected chi connectivity index (χ3v) is 3.91. The smallest absolute Gasteiger partial charge is 0.251 e. The van der Waals surface area contributed by atoms with Crippen LogP contribution in [0, 0.1) is 0 Å². The Hall–Kier alpha value is -1.63. The zero-order valence-electron chi connectivity index (χ0n) is 10.3. The fourth-order valence-electron chi connectivity index (χ4n) is 1.72.